The first-order valence-corrected chi connectivity index (χ1v) is 12.4. The molecule has 0 aliphatic carbocycles. The average molecular weight is 482 g/mol. The first kappa shape index (κ1) is 27.9. The van der Waals surface area contributed by atoms with Crippen molar-refractivity contribution in [2.75, 3.05) is 37.2 Å². The number of ether oxygens (including phenoxy) is 2. The molecule has 0 saturated heterocycles. The van der Waals surface area contributed by atoms with Gasteiger partial charge in [-0.1, -0.05) is 45.4 Å². The number of amides is 1. The van der Waals surface area contributed by atoms with Crippen LogP contribution < -0.4 is 14.6 Å². The zero-order valence-corrected chi connectivity index (χ0v) is 22.3. The molecule has 2 aromatic rings. The zero-order chi connectivity index (χ0) is 26.1. The third kappa shape index (κ3) is 5.68. The number of anilines is 2. The summed E-state index contributed by atoms with van der Waals surface area (Å²) in [5.74, 6) is 0.252. The van der Waals surface area contributed by atoms with Crippen molar-refractivity contribution in [1.82, 2.24) is 5.01 Å². The van der Waals surface area contributed by atoms with Crippen LogP contribution in [0.3, 0.4) is 0 Å². The Bertz CT molecular complexity index is 1020. The third-order valence-corrected chi connectivity index (χ3v) is 5.76. The van der Waals surface area contributed by atoms with Crippen LogP contribution in [0.25, 0.3) is 0 Å². The Balaban J connectivity index is 0.00000103. The van der Waals surface area contributed by atoms with Crippen LogP contribution in [0.1, 0.15) is 46.6 Å². The lowest BCUT2D eigenvalue weighted by Crippen LogP contribution is -2.45. The summed E-state index contributed by atoms with van der Waals surface area (Å²) < 4.78 is 10.6. The van der Waals surface area contributed by atoms with E-state index in [0.29, 0.717) is 18.7 Å². The second-order valence-corrected chi connectivity index (χ2v) is 7.65. The molecule has 2 heterocycles. The molecule has 1 amide bonds. The van der Waals surface area contributed by atoms with Gasteiger partial charge in [-0.15, -0.1) is 0 Å². The molecule has 1 unspecified atom stereocenters. The summed E-state index contributed by atoms with van der Waals surface area (Å²) in [4.78, 5) is 28.3. The number of benzene rings is 2. The van der Waals surface area contributed by atoms with E-state index in [0.717, 1.165) is 28.3 Å². The van der Waals surface area contributed by atoms with Gasteiger partial charge in [0.05, 0.1) is 19.4 Å². The molecule has 0 bridgehead atoms. The second kappa shape index (κ2) is 13.0. The summed E-state index contributed by atoms with van der Waals surface area (Å²) >= 11 is 0. The minimum atomic E-state index is -0.624. The highest BCUT2D eigenvalue weighted by molar-refractivity contribution is 6.11. The van der Waals surface area contributed by atoms with Gasteiger partial charge >= 0.3 is 5.97 Å². The average Bonchev–Trinajstić information content (AvgIpc) is 3.20. The van der Waals surface area contributed by atoms with Crippen molar-refractivity contribution in [2.45, 2.75) is 54.0 Å². The van der Waals surface area contributed by atoms with E-state index in [1.165, 1.54) is 0 Å². The number of hydrogen-bond donors (Lipinski definition) is 0. The Labute approximate surface area is 209 Å². The molecule has 4 rings (SSSR count). The van der Waals surface area contributed by atoms with Gasteiger partial charge in [0.1, 0.15) is 11.4 Å². The number of carbonyl (C=O) groups excluding carboxylic acids is 2. The summed E-state index contributed by atoms with van der Waals surface area (Å²) in [7, 11) is 3.42. The molecule has 1 atom stereocenters. The highest BCUT2D eigenvalue weighted by Gasteiger charge is 2.48. The van der Waals surface area contributed by atoms with Gasteiger partial charge in [0.25, 0.3) is 5.91 Å². The highest BCUT2D eigenvalue weighted by atomic mass is 16.5. The van der Waals surface area contributed by atoms with E-state index in [1.807, 2.05) is 95.2 Å². The van der Waals surface area contributed by atoms with E-state index >= 15 is 0 Å². The molecule has 35 heavy (non-hydrogen) atoms. The number of carbonyl (C=O) groups is 2. The summed E-state index contributed by atoms with van der Waals surface area (Å²) in [6.45, 7) is 12.6. The van der Waals surface area contributed by atoms with Crippen molar-refractivity contribution in [3.63, 3.8) is 0 Å². The fourth-order valence-corrected chi connectivity index (χ4v) is 4.23. The Hall–Kier alpha value is -3.32. The predicted molar refractivity (Wildman–Crippen MR) is 142 cm³/mol. The van der Waals surface area contributed by atoms with Crippen molar-refractivity contribution in [3.8, 4) is 5.75 Å². The third-order valence-electron chi connectivity index (χ3n) is 5.76. The summed E-state index contributed by atoms with van der Waals surface area (Å²) in [6.07, 6.45) is 0.593. The largest absolute Gasteiger partial charge is 0.497 e. The molecular formula is C28H39N3O4. The lowest BCUT2D eigenvalue weighted by atomic mass is 9.98. The molecular weight excluding hydrogens is 442 g/mol. The monoisotopic (exact) mass is 481 g/mol. The van der Waals surface area contributed by atoms with Gasteiger partial charge in [-0.2, -0.15) is 0 Å². The number of likely N-dealkylation sites (N-methyl/N-ethyl adjacent to an activating group) is 1. The smallest absolute Gasteiger partial charge is 0.329 e. The fraction of sp³-hybridized carbons (Fsp3) is 0.429. The molecule has 0 N–H and O–H groups in total. The zero-order valence-electron chi connectivity index (χ0n) is 22.3. The quantitative estimate of drug-likeness (QED) is 0.537. The van der Waals surface area contributed by atoms with Crippen molar-refractivity contribution in [3.05, 3.63) is 65.4 Å². The minimum absolute atomic E-state index is 0.125. The standard InChI is InChI=1S/C24H27N3O4.2C2H6/c1-5-31-24(29)22-20-14-15-26(17-8-6-16(2)7-9-17)23(28)21(20)27(25(22)3)18-10-12-19(30-4)13-11-18;2*1-2/h6-13,22H,5,14-15H2,1-4H3;2*1-2H3. The van der Waals surface area contributed by atoms with E-state index in [1.54, 1.807) is 23.9 Å². The van der Waals surface area contributed by atoms with Crippen LogP contribution in [-0.4, -0.2) is 50.2 Å². The second-order valence-electron chi connectivity index (χ2n) is 7.65. The van der Waals surface area contributed by atoms with E-state index < -0.39 is 6.04 Å². The Kier molecular flexibility index (Phi) is 10.3. The molecule has 0 aromatic heterocycles. The van der Waals surface area contributed by atoms with Gasteiger partial charge in [-0.25, -0.2) is 9.80 Å². The van der Waals surface area contributed by atoms with Crippen LogP contribution in [0, 0.1) is 6.92 Å². The lowest BCUT2D eigenvalue weighted by Gasteiger charge is -2.33. The molecule has 190 valence electrons. The molecule has 7 heteroatoms. The van der Waals surface area contributed by atoms with Crippen LogP contribution in [0.2, 0.25) is 0 Å². The molecule has 2 aromatic carbocycles. The molecule has 0 fully saturated rings. The topological polar surface area (TPSA) is 62.3 Å². The maximum absolute atomic E-state index is 13.7. The normalized spacial score (nSPS) is 17.1. The number of hydrogen-bond acceptors (Lipinski definition) is 6. The predicted octanol–water partition coefficient (Wildman–Crippen LogP) is 5.35. The lowest BCUT2D eigenvalue weighted by molar-refractivity contribution is -0.147. The van der Waals surface area contributed by atoms with Gasteiger partial charge in [0, 0.05) is 19.3 Å². The number of rotatable bonds is 5. The SMILES string of the molecule is CC.CC.CCOC(=O)C1C2=C(C(=O)N(c3ccc(C)cc3)CC2)N(c2ccc(OC)cc2)N1C. The molecule has 0 radical (unpaired) electrons. The summed E-state index contributed by atoms with van der Waals surface area (Å²) in [5.41, 5.74) is 4.07. The number of methoxy groups -OCH3 is 1. The highest BCUT2D eigenvalue weighted by Crippen LogP contribution is 2.40. The van der Waals surface area contributed by atoms with Crippen LogP contribution in [0.15, 0.2) is 59.8 Å². The Morgan fingerprint density at radius 1 is 0.971 bits per heavy atom. The fourth-order valence-electron chi connectivity index (χ4n) is 4.23. The van der Waals surface area contributed by atoms with Crippen LogP contribution in [-0.2, 0) is 14.3 Å². The Morgan fingerprint density at radius 3 is 2.09 bits per heavy atom. The maximum atomic E-state index is 13.7. The Morgan fingerprint density at radius 2 is 1.54 bits per heavy atom. The first-order chi connectivity index (χ1) is 17.0. The van der Waals surface area contributed by atoms with Gasteiger partial charge in [-0.05, 0) is 62.2 Å². The minimum Gasteiger partial charge on any atom is -0.497 e. The van der Waals surface area contributed by atoms with Crippen molar-refractivity contribution in [1.29, 1.82) is 0 Å². The van der Waals surface area contributed by atoms with Crippen molar-refractivity contribution >= 4 is 23.3 Å². The summed E-state index contributed by atoms with van der Waals surface area (Å²) in [6, 6.07) is 14.7. The van der Waals surface area contributed by atoms with E-state index in [9.17, 15) is 9.59 Å². The number of aryl methyl sites for hydroxylation is 1. The van der Waals surface area contributed by atoms with Crippen molar-refractivity contribution < 1.29 is 19.1 Å². The van der Waals surface area contributed by atoms with E-state index in [4.69, 9.17) is 9.47 Å². The molecule has 2 aliphatic rings. The number of hydrazine groups is 1. The molecule has 0 saturated carbocycles. The van der Waals surface area contributed by atoms with E-state index in [2.05, 4.69) is 0 Å². The molecule has 7 nitrogen and oxygen atoms in total. The molecule has 0 spiro atoms. The number of nitrogens with zero attached hydrogens (tertiary/aromatic N) is 3. The van der Waals surface area contributed by atoms with Gasteiger partial charge in [-0.3, -0.25) is 9.80 Å². The maximum Gasteiger partial charge on any atom is 0.329 e. The van der Waals surface area contributed by atoms with Crippen LogP contribution in [0.4, 0.5) is 11.4 Å². The van der Waals surface area contributed by atoms with Crippen LogP contribution in [0.5, 0.6) is 5.75 Å². The summed E-state index contributed by atoms with van der Waals surface area (Å²) in [5, 5.41) is 3.61. The van der Waals surface area contributed by atoms with Crippen molar-refractivity contribution in [2.24, 2.45) is 0 Å². The van der Waals surface area contributed by atoms with Gasteiger partial charge in [0.2, 0.25) is 0 Å². The number of esters is 1. The van der Waals surface area contributed by atoms with Gasteiger partial charge in [0.15, 0.2) is 6.04 Å². The first-order valence-electron chi connectivity index (χ1n) is 12.4. The van der Waals surface area contributed by atoms with E-state index in [-0.39, 0.29) is 18.5 Å². The van der Waals surface area contributed by atoms with Gasteiger partial charge < -0.3 is 14.4 Å². The molecule has 2 aliphatic heterocycles. The van der Waals surface area contributed by atoms with Crippen LogP contribution >= 0.6 is 0 Å².